The lowest BCUT2D eigenvalue weighted by Gasteiger charge is -2.18. The van der Waals surface area contributed by atoms with Gasteiger partial charge in [-0.05, 0) is 23.6 Å². The molecule has 3 rings (SSSR count). The zero-order valence-electron chi connectivity index (χ0n) is 13.7. The van der Waals surface area contributed by atoms with E-state index in [1.165, 1.54) is 23.0 Å². The summed E-state index contributed by atoms with van der Waals surface area (Å²) in [6.45, 7) is 6.81. The van der Waals surface area contributed by atoms with Crippen LogP contribution in [0.15, 0.2) is 35.4 Å². The maximum Gasteiger partial charge on any atom is 0.330 e. The molecule has 0 aromatic carbocycles. The Hall–Kier alpha value is -2.50. The third-order valence-corrected chi connectivity index (χ3v) is 3.66. The summed E-state index contributed by atoms with van der Waals surface area (Å²) in [5, 5.41) is 0. The van der Waals surface area contributed by atoms with Crippen molar-refractivity contribution in [2.24, 2.45) is 12.5 Å². The average Bonchev–Trinajstić information content (AvgIpc) is 2.71. The molecule has 0 radical (unpaired) electrons. The molecule has 0 spiro atoms. The summed E-state index contributed by atoms with van der Waals surface area (Å²) in [6, 6.07) is 4.84. The van der Waals surface area contributed by atoms with Crippen LogP contribution in [0.5, 0.6) is 0 Å². The second kappa shape index (κ2) is 5.30. The number of aryl methyl sites for hydroxylation is 1. The Morgan fingerprint density at radius 3 is 2.61 bits per heavy atom. The average molecular weight is 314 g/mol. The minimum atomic E-state index is -0.383. The summed E-state index contributed by atoms with van der Waals surface area (Å²) in [5.41, 5.74) is 1.93. The summed E-state index contributed by atoms with van der Waals surface area (Å²) < 4.78 is 17.1. The number of hydrogen-bond acceptors (Lipinski definition) is 3. The van der Waals surface area contributed by atoms with Crippen molar-refractivity contribution < 1.29 is 4.39 Å². The number of hydrogen-bond donors (Lipinski definition) is 0. The van der Waals surface area contributed by atoms with Gasteiger partial charge in [0.2, 0.25) is 0 Å². The Morgan fingerprint density at radius 2 is 1.96 bits per heavy atom. The van der Waals surface area contributed by atoms with Gasteiger partial charge < -0.3 is 0 Å². The molecular formula is C17H19FN4O. The monoisotopic (exact) mass is 314 g/mol. The highest BCUT2D eigenvalue weighted by molar-refractivity contribution is 5.76. The van der Waals surface area contributed by atoms with E-state index >= 15 is 0 Å². The van der Waals surface area contributed by atoms with Crippen LogP contribution >= 0.6 is 0 Å². The topological polar surface area (TPSA) is 52.7 Å². The minimum Gasteiger partial charge on any atom is -0.290 e. The molecule has 3 aromatic heterocycles. The van der Waals surface area contributed by atoms with E-state index in [1.807, 2.05) is 6.07 Å². The summed E-state index contributed by atoms with van der Waals surface area (Å²) >= 11 is 0. The van der Waals surface area contributed by atoms with Gasteiger partial charge in [-0.2, -0.15) is 0 Å². The van der Waals surface area contributed by atoms with E-state index in [4.69, 9.17) is 0 Å². The first-order valence-corrected chi connectivity index (χ1v) is 7.44. The van der Waals surface area contributed by atoms with Gasteiger partial charge in [0.25, 0.3) is 0 Å². The van der Waals surface area contributed by atoms with Crippen molar-refractivity contribution in [1.82, 2.24) is 19.1 Å². The first kappa shape index (κ1) is 15.4. The highest BCUT2D eigenvalue weighted by Crippen LogP contribution is 2.24. The van der Waals surface area contributed by atoms with Crippen LogP contribution in [-0.2, 0) is 13.6 Å². The molecule has 0 atom stereocenters. The number of aromatic nitrogens is 4. The Kier molecular flexibility index (Phi) is 3.55. The number of rotatable bonds is 2. The van der Waals surface area contributed by atoms with Crippen molar-refractivity contribution >= 4 is 11.2 Å². The largest absolute Gasteiger partial charge is 0.330 e. The highest BCUT2D eigenvalue weighted by Gasteiger charge is 2.19. The van der Waals surface area contributed by atoms with Gasteiger partial charge in [-0.15, -0.1) is 0 Å². The molecule has 0 aliphatic carbocycles. The molecule has 0 bridgehead atoms. The molecule has 6 heteroatoms. The molecular weight excluding hydrogens is 295 g/mol. The van der Waals surface area contributed by atoms with E-state index < -0.39 is 0 Å². The molecule has 0 aliphatic rings. The highest BCUT2D eigenvalue weighted by atomic mass is 19.1. The molecule has 0 unspecified atom stereocenters. The van der Waals surface area contributed by atoms with E-state index in [2.05, 4.69) is 30.7 Å². The van der Waals surface area contributed by atoms with Crippen molar-refractivity contribution in [3.8, 4) is 11.3 Å². The first-order chi connectivity index (χ1) is 10.8. The predicted molar refractivity (Wildman–Crippen MR) is 87.6 cm³/mol. The van der Waals surface area contributed by atoms with Crippen LogP contribution in [0, 0.1) is 11.2 Å². The van der Waals surface area contributed by atoms with Crippen molar-refractivity contribution in [1.29, 1.82) is 0 Å². The van der Waals surface area contributed by atoms with E-state index in [1.54, 1.807) is 17.7 Å². The second-order valence-electron chi connectivity index (χ2n) is 6.88. The number of nitrogens with zero attached hydrogens (tertiary/aromatic N) is 4. The quantitative estimate of drug-likeness (QED) is 0.730. The van der Waals surface area contributed by atoms with Crippen LogP contribution in [0.25, 0.3) is 22.4 Å². The third-order valence-electron chi connectivity index (χ3n) is 3.66. The number of fused-ring (bicyclic) bond motifs is 1. The maximum absolute atomic E-state index is 13.9. The van der Waals surface area contributed by atoms with E-state index in [0.717, 1.165) is 5.52 Å². The minimum absolute atomic E-state index is 0.0355. The SMILES string of the molecule is Cn1c(=O)n(CC(C)(C)C)c2ccc(-c3cnccc3F)nc21. The van der Waals surface area contributed by atoms with Gasteiger partial charge >= 0.3 is 5.69 Å². The van der Waals surface area contributed by atoms with Gasteiger partial charge in [0.15, 0.2) is 5.65 Å². The Morgan fingerprint density at radius 1 is 1.22 bits per heavy atom. The van der Waals surface area contributed by atoms with Crippen molar-refractivity contribution in [2.75, 3.05) is 0 Å². The van der Waals surface area contributed by atoms with Crippen LogP contribution in [0.4, 0.5) is 4.39 Å². The zero-order valence-corrected chi connectivity index (χ0v) is 13.7. The van der Waals surface area contributed by atoms with Crippen LogP contribution in [0.3, 0.4) is 0 Å². The Bertz CT molecular complexity index is 934. The molecule has 0 saturated heterocycles. The molecule has 3 heterocycles. The van der Waals surface area contributed by atoms with Gasteiger partial charge in [-0.1, -0.05) is 20.8 Å². The Balaban J connectivity index is 2.21. The molecule has 5 nitrogen and oxygen atoms in total. The number of halogens is 1. The van der Waals surface area contributed by atoms with Gasteiger partial charge in [0, 0.05) is 26.0 Å². The standard InChI is InChI=1S/C17H19FN4O/c1-17(2,3)10-22-14-6-5-13(11-9-19-8-7-12(11)18)20-15(14)21(4)16(22)23/h5-9H,10H2,1-4H3. The van der Waals surface area contributed by atoms with Gasteiger partial charge in [-0.25, -0.2) is 14.2 Å². The molecule has 120 valence electrons. The lowest BCUT2D eigenvalue weighted by Crippen LogP contribution is -2.27. The number of imidazole rings is 1. The van der Waals surface area contributed by atoms with E-state index in [0.29, 0.717) is 23.4 Å². The number of pyridine rings is 2. The molecule has 0 fully saturated rings. The molecule has 3 aromatic rings. The summed E-state index contributed by atoms with van der Waals surface area (Å²) in [7, 11) is 1.68. The Labute approximate surface area is 133 Å². The van der Waals surface area contributed by atoms with Gasteiger partial charge in [0.05, 0.1) is 16.8 Å². The zero-order chi connectivity index (χ0) is 16.8. The van der Waals surface area contributed by atoms with Crippen LogP contribution in [0.1, 0.15) is 20.8 Å². The second-order valence-corrected chi connectivity index (χ2v) is 6.88. The first-order valence-electron chi connectivity index (χ1n) is 7.44. The summed E-state index contributed by atoms with van der Waals surface area (Å²) in [6.07, 6.45) is 2.83. The maximum atomic E-state index is 13.9. The van der Waals surface area contributed by atoms with Crippen LogP contribution in [-0.4, -0.2) is 19.1 Å². The van der Waals surface area contributed by atoms with Crippen molar-refractivity contribution in [3.63, 3.8) is 0 Å². The summed E-state index contributed by atoms with van der Waals surface area (Å²) in [5.74, 6) is -0.383. The van der Waals surface area contributed by atoms with Gasteiger partial charge in [0.1, 0.15) is 5.82 Å². The van der Waals surface area contributed by atoms with Crippen molar-refractivity contribution in [2.45, 2.75) is 27.3 Å². The fourth-order valence-electron chi connectivity index (χ4n) is 2.62. The van der Waals surface area contributed by atoms with Crippen LogP contribution < -0.4 is 5.69 Å². The van der Waals surface area contributed by atoms with Gasteiger partial charge in [-0.3, -0.25) is 14.1 Å². The van der Waals surface area contributed by atoms with Crippen LogP contribution in [0.2, 0.25) is 0 Å². The molecule has 23 heavy (non-hydrogen) atoms. The fourth-order valence-corrected chi connectivity index (χ4v) is 2.62. The van der Waals surface area contributed by atoms with Crippen molar-refractivity contribution in [3.05, 3.63) is 46.9 Å². The molecule has 0 aliphatic heterocycles. The fraction of sp³-hybridized carbons (Fsp3) is 0.353. The predicted octanol–water partition coefficient (Wildman–Crippen LogP) is 2.98. The molecule has 0 N–H and O–H groups in total. The lowest BCUT2D eigenvalue weighted by molar-refractivity contribution is 0.342. The van der Waals surface area contributed by atoms with E-state index in [9.17, 15) is 9.18 Å². The van der Waals surface area contributed by atoms with E-state index in [-0.39, 0.29) is 16.9 Å². The molecule has 0 saturated carbocycles. The molecule has 0 amide bonds. The summed E-state index contributed by atoms with van der Waals surface area (Å²) in [4.78, 5) is 20.9. The smallest absolute Gasteiger partial charge is 0.290 e. The third kappa shape index (κ3) is 2.76. The normalized spacial score (nSPS) is 12.0. The lowest BCUT2D eigenvalue weighted by atomic mass is 9.97.